The molecule has 0 atom stereocenters. The van der Waals surface area contributed by atoms with Gasteiger partial charge in [-0.05, 0) is 43.5 Å². The molecule has 0 radical (unpaired) electrons. The van der Waals surface area contributed by atoms with Crippen molar-refractivity contribution in [1.82, 2.24) is 10.1 Å². The quantitative estimate of drug-likeness (QED) is 0.722. The molecule has 0 unspecified atom stereocenters. The molecule has 4 nitrogen and oxygen atoms in total. The summed E-state index contributed by atoms with van der Waals surface area (Å²) in [5.41, 5.74) is 4.45. The smallest absolute Gasteiger partial charge is 0.264 e. The van der Waals surface area contributed by atoms with Crippen molar-refractivity contribution in [3.8, 4) is 17.1 Å². The van der Waals surface area contributed by atoms with Gasteiger partial charge in [0.05, 0.1) is 0 Å². The van der Waals surface area contributed by atoms with Gasteiger partial charge in [0.25, 0.3) is 5.89 Å². The number of rotatable bonds is 4. The van der Waals surface area contributed by atoms with Crippen LogP contribution in [0.3, 0.4) is 0 Å². The molecule has 2 aromatic carbocycles. The SMILES string of the molecule is Cc1cc(C)c(C)c(OCc2nc(-c3ccccc3)no2)c1. The summed E-state index contributed by atoms with van der Waals surface area (Å²) in [6, 6.07) is 13.9. The van der Waals surface area contributed by atoms with Crippen LogP contribution in [0.5, 0.6) is 5.75 Å². The van der Waals surface area contributed by atoms with E-state index >= 15 is 0 Å². The van der Waals surface area contributed by atoms with Crippen molar-refractivity contribution in [2.45, 2.75) is 27.4 Å². The van der Waals surface area contributed by atoms with Crippen LogP contribution >= 0.6 is 0 Å². The number of aromatic nitrogens is 2. The Labute approximate surface area is 129 Å². The second-order valence-corrected chi connectivity index (χ2v) is 5.37. The minimum absolute atomic E-state index is 0.267. The number of nitrogens with zero attached hydrogens (tertiary/aromatic N) is 2. The summed E-state index contributed by atoms with van der Waals surface area (Å²) in [5, 5.41) is 3.99. The maximum atomic E-state index is 5.84. The topological polar surface area (TPSA) is 48.2 Å². The third-order valence-corrected chi connectivity index (χ3v) is 3.62. The second-order valence-electron chi connectivity index (χ2n) is 5.37. The highest BCUT2D eigenvalue weighted by atomic mass is 16.5. The van der Waals surface area contributed by atoms with Gasteiger partial charge in [-0.2, -0.15) is 4.98 Å². The molecule has 112 valence electrons. The molecule has 0 bridgehead atoms. The van der Waals surface area contributed by atoms with Gasteiger partial charge in [0.15, 0.2) is 6.61 Å². The van der Waals surface area contributed by atoms with E-state index in [2.05, 4.69) is 30.1 Å². The van der Waals surface area contributed by atoms with Gasteiger partial charge in [-0.3, -0.25) is 0 Å². The van der Waals surface area contributed by atoms with Gasteiger partial charge in [-0.1, -0.05) is 41.6 Å². The van der Waals surface area contributed by atoms with E-state index in [1.165, 1.54) is 11.1 Å². The average Bonchev–Trinajstić information content (AvgIpc) is 2.99. The minimum Gasteiger partial charge on any atom is -0.483 e. The molecule has 0 amide bonds. The maximum absolute atomic E-state index is 5.84. The Morgan fingerprint density at radius 1 is 1.05 bits per heavy atom. The molecule has 0 saturated heterocycles. The highest BCUT2D eigenvalue weighted by Gasteiger charge is 2.10. The molecule has 3 aromatic rings. The molecule has 0 N–H and O–H groups in total. The molecule has 0 aliphatic heterocycles. The van der Waals surface area contributed by atoms with E-state index in [-0.39, 0.29) is 6.61 Å². The highest BCUT2D eigenvalue weighted by Crippen LogP contribution is 2.24. The summed E-state index contributed by atoms with van der Waals surface area (Å²) in [6.07, 6.45) is 0. The van der Waals surface area contributed by atoms with Crippen LogP contribution in [0, 0.1) is 20.8 Å². The Hall–Kier alpha value is -2.62. The predicted molar refractivity (Wildman–Crippen MR) is 84.7 cm³/mol. The maximum Gasteiger partial charge on any atom is 0.264 e. The van der Waals surface area contributed by atoms with Gasteiger partial charge in [0, 0.05) is 5.56 Å². The lowest BCUT2D eigenvalue weighted by molar-refractivity contribution is 0.241. The third-order valence-electron chi connectivity index (χ3n) is 3.62. The lowest BCUT2D eigenvalue weighted by Gasteiger charge is -2.10. The van der Waals surface area contributed by atoms with Crippen molar-refractivity contribution in [1.29, 1.82) is 0 Å². The average molecular weight is 294 g/mol. The zero-order chi connectivity index (χ0) is 15.5. The molecule has 22 heavy (non-hydrogen) atoms. The zero-order valence-electron chi connectivity index (χ0n) is 13.0. The fourth-order valence-electron chi connectivity index (χ4n) is 2.31. The molecule has 1 heterocycles. The van der Waals surface area contributed by atoms with E-state index in [9.17, 15) is 0 Å². The molecule has 0 spiro atoms. The summed E-state index contributed by atoms with van der Waals surface area (Å²) < 4.78 is 11.1. The summed E-state index contributed by atoms with van der Waals surface area (Å²) in [6.45, 7) is 6.45. The van der Waals surface area contributed by atoms with Crippen molar-refractivity contribution in [2.75, 3.05) is 0 Å². The molecule has 1 aromatic heterocycles. The number of aryl methyl sites for hydroxylation is 2. The molecular weight excluding hydrogens is 276 g/mol. The number of hydrogen-bond donors (Lipinski definition) is 0. The van der Waals surface area contributed by atoms with Crippen LogP contribution in [0.15, 0.2) is 47.0 Å². The van der Waals surface area contributed by atoms with E-state index in [1.54, 1.807) is 0 Å². The van der Waals surface area contributed by atoms with Crippen molar-refractivity contribution >= 4 is 0 Å². The molecule has 0 aliphatic carbocycles. The molecule has 0 saturated carbocycles. The first-order valence-corrected chi connectivity index (χ1v) is 7.22. The van der Waals surface area contributed by atoms with Crippen molar-refractivity contribution in [3.05, 3.63) is 65.0 Å². The number of benzene rings is 2. The normalized spacial score (nSPS) is 10.7. The zero-order valence-corrected chi connectivity index (χ0v) is 13.0. The van der Waals surface area contributed by atoms with E-state index in [0.717, 1.165) is 16.9 Å². The van der Waals surface area contributed by atoms with E-state index in [4.69, 9.17) is 9.26 Å². The number of ether oxygens (including phenoxy) is 1. The summed E-state index contributed by atoms with van der Waals surface area (Å²) in [5.74, 6) is 1.91. The molecule has 3 rings (SSSR count). The van der Waals surface area contributed by atoms with E-state index in [1.807, 2.05) is 43.3 Å². The first-order valence-electron chi connectivity index (χ1n) is 7.22. The van der Waals surface area contributed by atoms with Crippen molar-refractivity contribution in [3.63, 3.8) is 0 Å². The van der Waals surface area contributed by atoms with Crippen LogP contribution in [0.1, 0.15) is 22.6 Å². The Kier molecular flexibility index (Phi) is 3.92. The van der Waals surface area contributed by atoms with Gasteiger partial charge in [-0.15, -0.1) is 0 Å². The highest BCUT2D eigenvalue weighted by molar-refractivity contribution is 5.53. The second kappa shape index (κ2) is 6.02. The van der Waals surface area contributed by atoms with Crippen LogP contribution in [0.4, 0.5) is 0 Å². The molecule has 0 aliphatic rings. The van der Waals surface area contributed by atoms with Crippen molar-refractivity contribution < 1.29 is 9.26 Å². The fourth-order valence-corrected chi connectivity index (χ4v) is 2.31. The van der Waals surface area contributed by atoms with Gasteiger partial charge < -0.3 is 9.26 Å². The van der Waals surface area contributed by atoms with Gasteiger partial charge in [0.1, 0.15) is 5.75 Å². The van der Waals surface area contributed by atoms with Crippen LogP contribution in [0.2, 0.25) is 0 Å². The van der Waals surface area contributed by atoms with Gasteiger partial charge >= 0.3 is 0 Å². The predicted octanol–water partition coefficient (Wildman–Crippen LogP) is 4.24. The van der Waals surface area contributed by atoms with Crippen molar-refractivity contribution in [2.24, 2.45) is 0 Å². The van der Waals surface area contributed by atoms with Crippen LogP contribution in [0.25, 0.3) is 11.4 Å². The molecule has 4 heteroatoms. The molecule has 0 fully saturated rings. The first-order chi connectivity index (χ1) is 10.6. The first kappa shape index (κ1) is 14.3. The van der Waals surface area contributed by atoms with E-state index < -0.39 is 0 Å². The number of hydrogen-bond acceptors (Lipinski definition) is 4. The third kappa shape index (κ3) is 3.01. The Bertz CT molecular complexity index is 779. The fraction of sp³-hybridized carbons (Fsp3) is 0.222. The molecular formula is C18H18N2O2. The Morgan fingerprint density at radius 3 is 2.59 bits per heavy atom. The lowest BCUT2D eigenvalue weighted by Crippen LogP contribution is -1.99. The van der Waals surface area contributed by atoms with Crippen LogP contribution in [-0.4, -0.2) is 10.1 Å². The summed E-state index contributed by atoms with van der Waals surface area (Å²) in [7, 11) is 0. The van der Waals surface area contributed by atoms with E-state index in [0.29, 0.717) is 11.7 Å². The Morgan fingerprint density at radius 2 is 1.82 bits per heavy atom. The van der Waals surface area contributed by atoms with Gasteiger partial charge in [0.2, 0.25) is 5.82 Å². The largest absolute Gasteiger partial charge is 0.483 e. The van der Waals surface area contributed by atoms with Crippen LogP contribution in [-0.2, 0) is 6.61 Å². The standard InChI is InChI=1S/C18H18N2O2/c1-12-9-13(2)14(3)16(10-12)21-11-17-19-18(20-22-17)15-7-5-4-6-8-15/h4-10H,11H2,1-3H3. The van der Waals surface area contributed by atoms with Crippen LogP contribution < -0.4 is 4.74 Å². The summed E-state index contributed by atoms with van der Waals surface area (Å²) >= 11 is 0. The van der Waals surface area contributed by atoms with Gasteiger partial charge in [-0.25, -0.2) is 0 Å². The Balaban J connectivity index is 1.74. The minimum atomic E-state index is 0.267. The monoisotopic (exact) mass is 294 g/mol. The lowest BCUT2D eigenvalue weighted by atomic mass is 10.1. The summed E-state index contributed by atoms with van der Waals surface area (Å²) in [4.78, 5) is 4.37.